The molecule has 25 heavy (non-hydrogen) atoms. The molecule has 0 amide bonds. The Kier molecular flexibility index (Phi) is 4.39. The fraction of sp³-hybridized carbons (Fsp3) is 0.316. The third kappa shape index (κ3) is 3.12. The highest BCUT2D eigenvalue weighted by Crippen LogP contribution is 2.24. The van der Waals surface area contributed by atoms with Crippen molar-refractivity contribution in [3.05, 3.63) is 58.5 Å². The Morgan fingerprint density at radius 3 is 2.16 bits per heavy atom. The van der Waals surface area contributed by atoms with Crippen molar-refractivity contribution in [1.29, 1.82) is 0 Å². The zero-order valence-electron chi connectivity index (χ0n) is 14.5. The molecule has 3 aromatic rings. The van der Waals surface area contributed by atoms with Gasteiger partial charge in [0, 0.05) is 49.3 Å². The SMILES string of the molecule is Cc1ccc(C)n1-c1cc(Br)n(-c2ccc(N3CCNCC3)cc2)n1. The molecule has 0 saturated carbocycles. The van der Waals surface area contributed by atoms with Gasteiger partial charge >= 0.3 is 0 Å². The Morgan fingerprint density at radius 2 is 1.52 bits per heavy atom. The predicted molar refractivity (Wildman–Crippen MR) is 105 cm³/mol. The summed E-state index contributed by atoms with van der Waals surface area (Å²) in [6.07, 6.45) is 0. The molecule has 4 rings (SSSR count). The van der Waals surface area contributed by atoms with E-state index in [4.69, 9.17) is 5.10 Å². The Labute approximate surface area is 156 Å². The fourth-order valence-corrected chi connectivity index (χ4v) is 3.88. The summed E-state index contributed by atoms with van der Waals surface area (Å²) in [6.45, 7) is 8.41. The molecule has 0 radical (unpaired) electrons. The van der Waals surface area contributed by atoms with Gasteiger partial charge in [-0.15, -0.1) is 5.10 Å². The summed E-state index contributed by atoms with van der Waals surface area (Å²) in [5.41, 5.74) is 4.69. The molecule has 1 fully saturated rings. The average molecular weight is 400 g/mol. The maximum Gasteiger partial charge on any atom is 0.160 e. The smallest absolute Gasteiger partial charge is 0.160 e. The minimum atomic E-state index is 0.929. The van der Waals surface area contributed by atoms with Crippen molar-refractivity contribution < 1.29 is 0 Å². The molecular formula is C19H22BrN5. The monoisotopic (exact) mass is 399 g/mol. The molecule has 5 nitrogen and oxygen atoms in total. The largest absolute Gasteiger partial charge is 0.369 e. The Bertz CT molecular complexity index is 852. The van der Waals surface area contributed by atoms with Crippen LogP contribution in [-0.2, 0) is 0 Å². The summed E-state index contributed by atoms with van der Waals surface area (Å²) in [5, 5.41) is 8.19. The third-order valence-electron chi connectivity index (χ3n) is 4.73. The molecule has 0 unspecified atom stereocenters. The van der Waals surface area contributed by atoms with Crippen LogP contribution in [0.1, 0.15) is 11.4 Å². The number of aryl methyl sites for hydroxylation is 2. The summed E-state index contributed by atoms with van der Waals surface area (Å²) in [4.78, 5) is 2.41. The number of aromatic nitrogens is 3. The third-order valence-corrected chi connectivity index (χ3v) is 5.29. The van der Waals surface area contributed by atoms with Gasteiger partial charge in [0.25, 0.3) is 0 Å². The second-order valence-electron chi connectivity index (χ2n) is 6.44. The van der Waals surface area contributed by atoms with E-state index in [0.29, 0.717) is 0 Å². The Morgan fingerprint density at radius 1 is 0.920 bits per heavy atom. The summed E-state index contributed by atoms with van der Waals surface area (Å²) in [7, 11) is 0. The van der Waals surface area contributed by atoms with Crippen molar-refractivity contribution in [3.63, 3.8) is 0 Å². The first-order valence-corrected chi connectivity index (χ1v) is 9.40. The summed E-state index contributed by atoms with van der Waals surface area (Å²) >= 11 is 3.65. The molecule has 0 bridgehead atoms. The van der Waals surface area contributed by atoms with Gasteiger partial charge in [0.1, 0.15) is 4.60 Å². The van der Waals surface area contributed by atoms with Gasteiger partial charge in [-0.2, -0.15) is 0 Å². The molecule has 1 N–H and O–H groups in total. The standard InChI is InChI=1S/C19H22BrN5/c1-14-3-4-15(2)24(14)19-13-18(20)25(22-19)17-7-5-16(6-8-17)23-11-9-21-10-12-23/h3-8,13,21H,9-12H2,1-2H3. The van der Waals surface area contributed by atoms with E-state index in [9.17, 15) is 0 Å². The number of nitrogens with zero attached hydrogens (tertiary/aromatic N) is 4. The van der Waals surface area contributed by atoms with E-state index in [1.165, 1.54) is 17.1 Å². The van der Waals surface area contributed by atoms with Gasteiger partial charge in [-0.1, -0.05) is 0 Å². The van der Waals surface area contributed by atoms with Crippen LogP contribution in [0, 0.1) is 13.8 Å². The zero-order chi connectivity index (χ0) is 17.4. The summed E-state index contributed by atoms with van der Waals surface area (Å²) in [6, 6.07) is 14.9. The minimum absolute atomic E-state index is 0.929. The number of hydrogen-bond acceptors (Lipinski definition) is 3. The number of anilines is 1. The lowest BCUT2D eigenvalue weighted by molar-refractivity contribution is 0.589. The van der Waals surface area contributed by atoms with Gasteiger partial charge in [0.05, 0.1) is 5.69 Å². The number of rotatable bonds is 3. The van der Waals surface area contributed by atoms with Crippen LogP contribution >= 0.6 is 15.9 Å². The van der Waals surface area contributed by atoms with Gasteiger partial charge in [0.2, 0.25) is 0 Å². The van der Waals surface area contributed by atoms with Crippen LogP contribution in [-0.4, -0.2) is 40.5 Å². The number of halogens is 1. The predicted octanol–water partition coefficient (Wildman–Crippen LogP) is 3.45. The van der Waals surface area contributed by atoms with E-state index in [1.54, 1.807) is 0 Å². The van der Waals surface area contributed by atoms with Crippen LogP contribution in [0.4, 0.5) is 5.69 Å². The molecule has 3 heterocycles. The van der Waals surface area contributed by atoms with Crippen molar-refractivity contribution in [1.82, 2.24) is 19.7 Å². The molecule has 1 aliphatic heterocycles. The van der Waals surface area contributed by atoms with Gasteiger partial charge in [-0.3, -0.25) is 0 Å². The molecule has 1 aromatic carbocycles. The zero-order valence-corrected chi connectivity index (χ0v) is 16.1. The van der Waals surface area contributed by atoms with E-state index in [1.807, 2.05) is 4.68 Å². The van der Waals surface area contributed by atoms with Crippen molar-refractivity contribution >= 4 is 21.6 Å². The lowest BCUT2D eigenvalue weighted by Gasteiger charge is -2.29. The van der Waals surface area contributed by atoms with E-state index < -0.39 is 0 Å². The highest BCUT2D eigenvalue weighted by Gasteiger charge is 2.13. The fourth-order valence-electron chi connectivity index (χ4n) is 3.39. The molecule has 6 heteroatoms. The maximum atomic E-state index is 4.80. The van der Waals surface area contributed by atoms with E-state index in [-0.39, 0.29) is 0 Å². The molecule has 130 valence electrons. The first-order valence-electron chi connectivity index (χ1n) is 8.60. The molecule has 1 aliphatic rings. The van der Waals surface area contributed by atoms with Crippen LogP contribution in [0.2, 0.25) is 0 Å². The molecule has 0 spiro atoms. The molecule has 1 saturated heterocycles. The van der Waals surface area contributed by atoms with Gasteiger partial charge < -0.3 is 14.8 Å². The highest BCUT2D eigenvalue weighted by atomic mass is 79.9. The van der Waals surface area contributed by atoms with Crippen LogP contribution in [0.5, 0.6) is 0 Å². The Balaban J connectivity index is 1.64. The van der Waals surface area contributed by atoms with Crippen LogP contribution < -0.4 is 10.2 Å². The quantitative estimate of drug-likeness (QED) is 0.732. The molecule has 0 atom stereocenters. The molecular weight excluding hydrogens is 378 g/mol. The number of hydrogen-bond donors (Lipinski definition) is 1. The van der Waals surface area contributed by atoms with Crippen molar-refractivity contribution in [2.24, 2.45) is 0 Å². The second-order valence-corrected chi connectivity index (χ2v) is 7.25. The lowest BCUT2D eigenvalue weighted by atomic mass is 10.2. The van der Waals surface area contributed by atoms with Crippen LogP contribution in [0.3, 0.4) is 0 Å². The normalized spacial score (nSPS) is 14.9. The highest BCUT2D eigenvalue weighted by molar-refractivity contribution is 9.10. The second kappa shape index (κ2) is 6.69. The van der Waals surface area contributed by atoms with Gasteiger partial charge in [0.15, 0.2) is 5.82 Å². The van der Waals surface area contributed by atoms with E-state index in [2.05, 4.69) is 87.0 Å². The molecule has 0 aliphatic carbocycles. The minimum Gasteiger partial charge on any atom is -0.369 e. The van der Waals surface area contributed by atoms with Crippen molar-refractivity contribution in [2.45, 2.75) is 13.8 Å². The molecule has 2 aromatic heterocycles. The number of benzene rings is 1. The number of piperazine rings is 1. The average Bonchev–Trinajstić information content (AvgIpc) is 3.17. The van der Waals surface area contributed by atoms with Crippen molar-refractivity contribution in [3.8, 4) is 11.5 Å². The first-order chi connectivity index (χ1) is 12.1. The number of nitrogens with one attached hydrogen (secondary N) is 1. The Hall–Kier alpha value is -2.05. The summed E-state index contributed by atoms with van der Waals surface area (Å²) < 4.78 is 5.05. The lowest BCUT2D eigenvalue weighted by Crippen LogP contribution is -2.43. The van der Waals surface area contributed by atoms with E-state index >= 15 is 0 Å². The van der Waals surface area contributed by atoms with Crippen LogP contribution in [0.15, 0.2) is 47.1 Å². The van der Waals surface area contributed by atoms with Gasteiger partial charge in [-0.25, -0.2) is 4.68 Å². The van der Waals surface area contributed by atoms with Gasteiger partial charge in [-0.05, 0) is 66.2 Å². The van der Waals surface area contributed by atoms with Crippen molar-refractivity contribution in [2.75, 3.05) is 31.1 Å². The summed E-state index contributed by atoms with van der Waals surface area (Å²) in [5.74, 6) is 0.929. The topological polar surface area (TPSA) is 38.0 Å². The first kappa shape index (κ1) is 16.4. The van der Waals surface area contributed by atoms with E-state index in [0.717, 1.165) is 42.3 Å². The maximum absolute atomic E-state index is 4.80. The van der Waals surface area contributed by atoms with Crippen LogP contribution in [0.25, 0.3) is 11.5 Å².